The van der Waals surface area contributed by atoms with Gasteiger partial charge in [0.15, 0.2) is 5.65 Å². The summed E-state index contributed by atoms with van der Waals surface area (Å²) in [7, 11) is 0. The maximum atomic E-state index is 14.3. The van der Waals surface area contributed by atoms with Crippen molar-refractivity contribution in [1.82, 2.24) is 14.6 Å². The van der Waals surface area contributed by atoms with Gasteiger partial charge < -0.3 is 21.1 Å². The SMILES string of the molecule is NC(=O)C(O)Nc1cnn2ccc(N3CCCC3c3cc(F)ccc3F)nc12. The molecule has 3 aromatic rings. The molecule has 0 spiro atoms. The number of amides is 1. The minimum atomic E-state index is -1.58. The van der Waals surface area contributed by atoms with Gasteiger partial charge in [0.25, 0.3) is 5.91 Å². The molecule has 0 bridgehead atoms. The lowest BCUT2D eigenvalue weighted by molar-refractivity contribution is -0.124. The molecule has 0 radical (unpaired) electrons. The Labute approximate surface area is 158 Å². The lowest BCUT2D eigenvalue weighted by atomic mass is 10.0. The molecule has 0 aliphatic carbocycles. The number of halogens is 2. The van der Waals surface area contributed by atoms with Gasteiger partial charge in [-0.2, -0.15) is 5.10 Å². The molecule has 28 heavy (non-hydrogen) atoms. The van der Waals surface area contributed by atoms with Crippen molar-refractivity contribution >= 4 is 23.1 Å². The average Bonchev–Trinajstić information content (AvgIpc) is 3.30. The topological polar surface area (TPSA) is 109 Å². The number of hydrogen-bond acceptors (Lipinski definition) is 6. The Kier molecular flexibility index (Phi) is 4.55. The number of hydrogen-bond donors (Lipinski definition) is 3. The molecule has 8 nitrogen and oxygen atoms in total. The van der Waals surface area contributed by atoms with Gasteiger partial charge in [0.1, 0.15) is 23.1 Å². The van der Waals surface area contributed by atoms with Crippen LogP contribution in [0.25, 0.3) is 5.65 Å². The van der Waals surface area contributed by atoms with Crippen molar-refractivity contribution in [2.24, 2.45) is 5.73 Å². The third kappa shape index (κ3) is 3.22. The normalized spacial score (nSPS) is 17.8. The van der Waals surface area contributed by atoms with Crippen LogP contribution in [0, 0.1) is 11.6 Å². The summed E-state index contributed by atoms with van der Waals surface area (Å²) in [6.45, 7) is 0.630. The second-order valence-electron chi connectivity index (χ2n) is 6.58. The van der Waals surface area contributed by atoms with E-state index in [1.165, 1.54) is 16.8 Å². The molecule has 1 amide bonds. The molecule has 2 aromatic heterocycles. The summed E-state index contributed by atoms with van der Waals surface area (Å²) in [6.07, 6.45) is 2.96. The van der Waals surface area contributed by atoms with Crippen molar-refractivity contribution in [3.05, 3.63) is 53.9 Å². The van der Waals surface area contributed by atoms with Gasteiger partial charge in [0.05, 0.1) is 12.2 Å². The number of benzene rings is 1. The molecular weight excluding hydrogens is 370 g/mol. The Hall–Kier alpha value is -3.27. The summed E-state index contributed by atoms with van der Waals surface area (Å²) in [6, 6.07) is 4.81. The van der Waals surface area contributed by atoms with E-state index in [0.717, 1.165) is 18.6 Å². The van der Waals surface area contributed by atoms with Crippen LogP contribution in [-0.4, -0.2) is 38.4 Å². The van der Waals surface area contributed by atoms with Gasteiger partial charge in [-0.3, -0.25) is 4.79 Å². The summed E-state index contributed by atoms with van der Waals surface area (Å²) in [5.41, 5.74) is 6.03. The number of carbonyl (C=O) groups is 1. The highest BCUT2D eigenvalue weighted by atomic mass is 19.1. The van der Waals surface area contributed by atoms with Gasteiger partial charge in [-0.25, -0.2) is 18.3 Å². The lowest BCUT2D eigenvalue weighted by Crippen LogP contribution is -2.34. The number of nitrogens with two attached hydrogens (primary N) is 1. The Bertz CT molecular complexity index is 1040. The maximum absolute atomic E-state index is 14.3. The molecule has 10 heteroatoms. The van der Waals surface area contributed by atoms with Crippen LogP contribution in [-0.2, 0) is 4.79 Å². The molecule has 4 rings (SSSR count). The fraction of sp³-hybridized carbons (Fsp3) is 0.278. The van der Waals surface area contributed by atoms with Crippen molar-refractivity contribution in [1.29, 1.82) is 0 Å². The molecule has 3 heterocycles. The van der Waals surface area contributed by atoms with E-state index < -0.39 is 23.8 Å². The van der Waals surface area contributed by atoms with Crippen molar-refractivity contribution in [3.63, 3.8) is 0 Å². The standard InChI is InChI=1S/C18H18F2N6O2/c19-10-3-4-12(20)11(8-10)14-2-1-6-25(14)15-5-7-26-17(24-15)13(9-22-26)23-18(28)16(21)27/h3-5,7-9,14,18,23,28H,1-2,6H2,(H2,21,27). The summed E-state index contributed by atoms with van der Waals surface area (Å²) >= 11 is 0. The van der Waals surface area contributed by atoms with E-state index in [1.807, 2.05) is 4.90 Å². The highest BCUT2D eigenvalue weighted by Gasteiger charge is 2.30. The molecule has 2 atom stereocenters. The van der Waals surface area contributed by atoms with E-state index in [-0.39, 0.29) is 11.6 Å². The molecule has 2 unspecified atom stereocenters. The minimum absolute atomic E-state index is 0.287. The number of aliphatic hydroxyl groups excluding tert-OH is 1. The third-order valence-electron chi connectivity index (χ3n) is 4.78. The Morgan fingerprint density at radius 2 is 2.18 bits per heavy atom. The average molecular weight is 388 g/mol. The number of nitrogens with one attached hydrogen (secondary N) is 1. The van der Waals surface area contributed by atoms with E-state index >= 15 is 0 Å². The smallest absolute Gasteiger partial charge is 0.267 e. The number of rotatable bonds is 5. The van der Waals surface area contributed by atoms with E-state index in [2.05, 4.69) is 15.4 Å². The molecular formula is C18H18F2N6O2. The van der Waals surface area contributed by atoms with Crippen molar-refractivity contribution in [2.75, 3.05) is 16.8 Å². The second-order valence-corrected chi connectivity index (χ2v) is 6.58. The van der Waals surface area contributed by atoms with Crippen LogP contribution in [0.3, 0.4) is 0 Å². The van der Waals surface area contributed by atoms with Gasteiger partial charge >= 0.3 is 0 Å². The van der Waals surface area contributed by atoms with Crippen LogP contribution in [0.1, 0.15) is 24.4 Å². The maximum Gasteiger partial charge on any atom is 0.267 e. The first kappa shape index (κ1) is 18.1. The van der Waals surface area contributed by atoms with Gasteiger partial charge in [0.2, 0.25) is 6.23 Å². The first-order valence-corrected chi connectivity index (χ1v) is 8.74. The van der Waals surface area contributed by atoms with Crippen LogP contribution in [0.2, 0.25) is 0 Å². The molecule has 1 fully saturated rings. The van der Waals surface area contributed by atoms with Crippen molar-refractivity contribution in [3.8, 4) is 0 Å². The lowest BCUT2D eigenvalue weighted by Gasteiger charge is -2.26. The second kappa shape index (κ2) is 7.04. The number of aromatic nitrogens is 3. The zero-order chi connectivity index (χ0) is 19.8. The number of anilines is 2. The number of aliphatic hydroxyl groups is 1. The first-order valence-electron chi connectivity index (χ1n) is 8.74. The van der Waals surface area contributed by atoms with Crippen molar-refractivity contribution in [2.45, 2.75) is 25.1 Å². The fourth-order valence-electron chi connectivity index (χ4n) is 3.47. The number of nitrogens with zero attached hydrogens (tertiary/aromatic N) is 4. The van der Waals surface area contributed by atoms with Gasteiger partial charge in [-0.15, -0.1) is 0 Å². The number of carbonyl (C=O) groups excluding carboxylic acids is 1. The van der Waals surface area contributed by atoms with E-state index in [9.17, 15) is 18.7 Å². The Morgan fingerprint density at radius 1 is 1.36 bits per heavy atom. The fourth-order valence-corrected chi connectivity index (χ4v) is 3.47. The van der Waals surface area contributed by atoms with Crippen LogP contribution in [0.4, 0.5) is 20.3 Å². The molecule has 1 aromatic carbocycles. The number of fused-ring (bicyclic) bond motifs is 1. The van der Waals surface area contributed by atoms with Crippen LogP contribution >= 0.6 is 0 Å². The highest BCUT2D eigenvalue weighted by Crippen LogP contribution is 2.37. The Balaban J connectivity index is 1.70. The summed E-state index contributed by atoms with van der Waals surface area (Å²) in [4.78, 5) is 17.5. The highest BCUT2D eigenvalue weighted by molar-refractivity contribution is 5.83. The van der Waals surface area contributed by atoms with Crippen LogP contribution in [0.15, 0.2) is 36.7 Å². The largest absolute Gasteiger partial charge is 0.366 e. The Morgan fingerprint density at radius 3 is 2.96 bits per heavy atom. The first-order chi connectivity index (χ1) is 13.4. The van der Waals surface area contributed by atoms with E-state index in [0.29, 0.717) is 30.1 Å². The van der Waals surface area contributed by atoms with Gasteiger partial charge in [0, 0.05) is 18.3 Å². The molecule has 1 saturated heterocycles. The van der Waals surface area contributed by atoms with Gasteiger partial charge in [-0.05, 0) is 37.1 Å². The van der Waals surface area contributed by atoms with Crippen molar-refractivity contribution < 1.29 is 18.7 Å². The molecule has 1 aliphatic heterocycles. The molecule has 0 saturated carbocycles. The van der Waals surface area contributed by atoms with Gasteiger partial charge in [-0.1, -0.05) is 0 Å². The molecule has 1 aliphatic rings. The predicted octanol–water partition coefficient (Wildman–Crippen LogP) is 1.56. The summed E-state index contributed by atoms with van der Waals surface area (Å²) in [5.74, 6) is -1.34. The van der Waals surface area contributed by atoms with Crippen LogP contribution < -0.4 is 16.0 Å². The van der Waals surface area contributed by atoms with E-state index in [4.69, 9.17) is 5.73 Å². The minimum Gasteiger partial charge on any atom is -0.366 e. The summed E-state index contributed by atoms with van der Waals surface area (Å²) < 4.78 is 29.4. The third-order valence-corrected chi connectivity index (χ3v) is 4.78. The molecule has 146 valence electrons. The molecule has 4 N–H and O–H groups in total. The monoisotopic (exact) mass is 388 g/mol. The predicted molar refractivity (Wildman–Crippen MR) is 97.5 cm³/mol. The van der Waals surface area contributed by atoms with E-state index in [1.54, 1.807) is 12.3 Å². The number of primary amides is 1. The van der Waals surface area contributed by atoms with Crippen LogP contribution in [0.5, 0.6) is 0 Å². The zero-order valence-corrected chi connectivity index (χ0v) is 14.7. The zero-order valence-electron chi connectivity index (χ0n) is 14.7. The quantitative estimate of drug-likeness (QED) is 0.573. The summed E-state index contributed by atoms with van der Waals surface area (Å²) in [5, 5.41) is 16.3.